The van der Waals surface area contributed by atoms with Crippen molar-refractivity contribution in [2.75, 3.05) is 55.7 Å². The Bertz CT molecular complexity index is 1530. The Morgan fingerprint density at radius 2 is 1.66 bits per heavy atom. The van der Waals surface area contributed by atoms with Crippen LogP contribution in [0, 0.1) is 17.8 Å². The zero-order valence-corrected chi connectivity index (χ0v) is 26.0. The van der Waals surface area contributed by atoms with Crippen molar-refractivity contribution in [3.05, 3.63) is 47.2 Å². The number of esters is 2. The highest BCUT2D eigenvalue weighted by Crippen LogP contribution is 2.51. The second kappa shape index (κ2) is 12.2. The summed E-state index contributed by atoms with van der Waals surface area (Å²) in [5, 5.41) is 1.21. The first kappa shape index (κ1) is 30.1. The number of H-pyrrole nitrogens is 1. The third kappa shape index (κ3) is 5.01. The smallest absolute Gasteiger partial charge is 0.338 e. The molecule has 3 aromatic rings. The molecule has 3 aliphatic rings. The molecule has 1 aliphatic carbocycles. The Morgan fingerprint density at radius 3 is 2.30 bits per heavy atom. The standard InChI is InChI=1S/C33H40N2O9/c1-38-19-7-8-20-21-9-10-35-16-18-13-27(44-32(36)17-11-25(39-2)30(41-4)26(12-17)40-3)31(42-5)28(33(37)43-6)22(18)15-24(35)29(21)34-23(20)14-19/h7-8,11-12,14,18,22,24,27-28,31,34H,9-10,13,15-16H2,1-6H3/t18-,22+,24-,27+,28+,31+/m1/s1. The van der Waals surface area contributed by atoms with Crippen molar-refractivity contribution in [3.8, 4) is 23.0 Å². The van der Waals surface area contributed by atoms with Gasteiger partial charge in [-0.05, 0) is 60.9 Å². The van der Waals surface area contributed by atoms with Gasteiger partial charge >= 0.3 is 11.9 Å². The summed E-state index contributed by atoms with van der Waals surface area (Å²) in [4.78, 5) is 33.1. The van der Waals surface area contributed by atoms with E-state index in [-0.39, 0.29) is 29.4 Å². The zero-order chi connectivity index (χ0) is 31.1. The van der Waals surface area contributed by atoms with Crippen molar-refractivity contribution < 1.29 is 42.7 Å². The molecule has 0 radical (unpaired) electrons. The molecule has 1 aromatic heterocycles. The fourth-order valence-electron chi connectivity index (χ4n) is 7.76. The Hall–Kier alpha value is -3.96. The summed E-state index contributed by atoms with van der Waals surface area (Å²) in [6.45, 7) is 1.68. The van der Waals surface area contributed by atoms with Crippen LogP contribution in [0.2, 0.25) is 0 Å². The number of hydrogen-bond donors (Lipinski definition) is 1. The molecular weight excluding hydrogens is 568 g/mol. The lowest BCUT2D eigenvalue weighted by Gasteiger charge is -2.52. The molecule has 236 valence electrons. The highest BCUT2D eigenvalue weighted by atomic mass is 16.6. The molecule has 3 heterocycles. The number of carbonyl (C=O) groups excluding carboxylic acids is 2. The van der Waals surface area contributed by atoms with Gasteiger partial charge in [0.15, 0.2) is 11.5 Å². The third-order valence-electron chi connectivity index (χ3n) is 9.76. The fourth-order valence-corrected chi connectivity index (χ4v) is 7.76. The average Bonchev–Trinajstić information content (AvgIpc) is 3.43. The molecule has 0 amide bonds. The first-order valence-corrected chi connectivity index (χ1v) is 14.9. The number of ether oxygens (including phenoxy) is 7. The molecule has 44 heavy (non-hydrogen) atoms. The van der Waals surface area contributed by atoms with Crippen LogP contribution >= 0.6 is 0 Å². The normalized spacial score (nSPS) is 26.1. The SMILES string of the molecule is COC(=O)[C@H]1[C@H]2C[C@@H]3c4[nH]c5cc(OC)ccc5c4CCN3C[C@H]2C[C@H](OC(=O)c2cc(OC)c(OC)c(OC)c2)[C@@H]1OC. The van der Waals surface area contributed by atoms with Crippen molar-refractivity contribution in [1.29, 1.82) is 0 Å². The molecule has 11 nitrogen and oxygen atoms in total. The van der Waals surface area contributed by atoms with E-state index in [1.807, 2.05) is 12.1 Å². The van der Waals surface area contributed by atoms with Crippen LogP contribution in [0.25, 0.3) is 10.9 Å². The van der Waals surface area contributed by atoms with E-state index in [0.29, 0.717) is 23.7 Å². The number of aromatic nitrogens is 1. The van der Waals surface area contributed by atoms with Crippen molar-refractivity contribution in [1.82, 2.24) is 9.88 Å². The summed E-state index contributed by atoms with van der Waals surface area (Å²) in [5.41, 5.74) is 3.83. The summed E-state index contributed by atoms with van der Waals surface area (Å²) in [5.74, 6) is 0.441. The quantitative estimate of drug-likeness (QED) is 0.374. The first-order valence-electron chi connectivity index (χ1n) is 14.9. The van der Waals surface area contributed by atoms with Gasteiger partial charge in [0.05, 0.1) is 53.1 Å². The molecule has 2 fully saturated rings. The van der Waals surface area contributed by atoms with E-state index in [4.69, 9.17) is 33.2 Å². The van der Waals surface area contributed by atoms with E-state index in [2.05, 4.69) is 16.0 Å². The van der Waals surface area contributed by atoms with Crippen LogP contribution in [-0.4, -0.2) is 89.8 Å². The number of nitrogens with one attached hydrogen (secondary N) is 1. The Labute approximate surface area is 256 Å². The molecule has 11 heteroatoms. The lowest BCUT2D eigenvalue weighted by atomic mass is 9.63. The number of methoxy groups -OCH3 is 6. The van der Waals surface area contributed by atoms with Gasteiger partial charge in [0.1, 0.15) is 18.0 Å². The number of aromatic amines is 1. The number of piperidine rings is 1. The number of hydrogen-bond acceptors (Lipinski definition) is 10. The van der Waals surface area contributed by atoms with Crippen molar-refractivity contribution in [2.45, 2.75) is 37.5 Å². The summed E-state index contributed by atoms with van der Waals surface area (Å²) < 4.78 is 39.1. The van der Waals surface area contributed by atoms with E-state index >= 15 is 0 Å². The highest BCUT2D eigenvalue weighted by Gasteiger charge is 2.54. The van der Waals surface area contributed by atoms with Crippen LogP contribution in [0.4, 0.5) is 0 Å². The van der Waals surface area contributed by atoms with E-state index in [1.54, 1.807) is 26.4 Å². The largest absolute Gasteiger partial charge is 0.497 e. The molecule has 0 spiro atoms. The van der Waals surface area contributed by atoms with Gasteiger partial charge in [-0.25, -0.2) is 4.79 Å². The average molecular weight is 609 g/mol. The molecule has 0 bridgehead atoms. The monoisotopic (exact) mass is 608 g/mol. The lowest BCUT2D eigenvalue weighted by molar-refractivity contribution is -0.176. The molecule has 2 aliphatic heterocycles. The van der Waals surface area contributed by atoms with Crippen LogP contribution in [0.15, 0.2) is 30.3 Å². The maximum absolute atomic E-state index is 13.5. The number of rotatable bonds is 8. The van der Waals surface area contributed by atoms with Gasteiger partial charge in [0, 0.05) is 42.9 Å². The predicted molar refractivity (Wildman–Crippen MR) is 161 cm³/mol. The van der Waals surface area contributed by atoms with E-state index in [9.17, 15) is 9.59 Å². The van der Waals surface area contributed by atoms with Crippen molar-refractivity contribution >= 4 is 22.8 Å². The Kier molecular flexibility index (Phi) is 8.34. The topological polar surface area (TPSA) is 118 Å². The Balaban J connectivity index is 1.29. The molecule has 0 unspecified atom stereocenters. The summed E-state index contributed by atoms with van der Waals surface area (Å²) >= 11 is 0. The minimum atomic E-state index is -0.670. The second-order valence-corrected chi connectivity index (χ2v) is 11.7. The van der Waals surface area contributed by atoms with Crippen LogP contribution in [0.5, 0.6) is 23.0 Å². The molecular formula is C33H40N2O9. The van der Waals surface area contributed by atoms with Crippen molar-refractivity contribution in [3.63, 3.8) is 0 Å². The van der Waals surface area contributed by atoms with Gasteiger partial charge in [-0.15, -0.1) is 0 Å². The van der Waals surface area contributed by atoms with Crippen molar-refractivity contribution in [2.24, 2.45) is 17.8 Å². The summed E-state index contributed by atoms with van der Waals surface area (Å²) in [7, 11) is 9.10. The van der Waals surface area contributed by atoms with Crippen LogP contribution < -0.4 is 18.9 Å². The van der Waals surface area contributed by atoms with E-state index in [1.165, 1.54) is 45.1 Å². The third-order valence-corrected chi connectivity index (χ3v) is 9.76. The molecule has 6 atom stereocenters. The molecule has 2 aromatic carbocycles. The van der Waals surface area contributed by atoms with Gasteiger partial charge in [-0.3, -0.25) is 9.69 Å². The molecule has 6 rings (SSSR count). The van der Waals surface area contributed by atoms with Gasteiger partial charge in [0.25, 0.3) is 0 Å². The maximum atomic E-state index is 13.5. The summed E-state index contributed by atoms with van der Waals surface area (Å²) in [6, 6.07) is 9.40. The van der Waals surface area contributed by atoms with Gasteiger partial charge in [0.2, 0.25) is 5.75 Å². The van der Waals surface area contributed by atoms with Crippen LogP contribution in [0.3, 0.4) is 0 Å². The number of benzene rings is 2. The van der Waals surface area contributed by atoms with E-state index < -0.39 is 24.1 Å². The van der Waals surface area contributed by atoms with E-state index in [0.717, 1.165) is 37.2 Å². The second-order valence-electron chi connectivity index (χ2n) is 11.7. The fraction of sp³-hybridized carbons (Fsp3) is 0.515. The highest BCUT2D eigenvalue weighted by molar-refractivity contribution is 5.91. The number of fused-ring (bicyclic) bond motifs is 6. The molecule has 1 saturated heterocycles. The number of carbonyl (C=O) groups is 2. The summed E-state index contributed by atoms with van der Waals surface area (Å²) in [6.07, 6.45) is 0.920. The number of nitrogens with zero attached hydrogens (tertiary/aromatic N) is 1. The lowest BCUT2D eigenvalue weighted by Crippen LogP contribution is -2.58. The minimum absolute atomic E-state index is 0.0170. The zero-order valence-electron chi connectivity index (χ0n) is 26.0. The minimum Gasteiger partial charge on any atom is -0.497 e. The predicted octanol–water partition coefficient (Wildman–Crippen LogP) is 4.17. The first-order chi connectivity index (χ1) is 21.3. The van der Waals surface area contributed by atoms with Crippen LogP contribution in [0.1, 0.15) is 40.5 Å². The van der Waals surface area contributed by atoms with Crippen LogP contribution in [-0.2, 0) is 25.4 Å². The molecule has 1 saturated carbocycles. The Morgan fingerprint density at radius 1 is 0.909 bits per heavy atom. The van der Waals surface area contributed by atoms with Gasteiger partial charge in [-0.1, -0.05) is 0 Å². The molecule has 1 N–H and O–H groups in total. The maximum Gasteiger partial charge on any atom is 0.338 e. The van der Waals surface area contributed by atoms with Gasteiger partial charge < -0.3 is 38.1 Å². The van der Waals surface area contributed by atoms with Gasteiger partial charge in [-0.2, -0.15) is 0 Å².